The van der Waals surface area contributed by atoms with Crippen molar-refractivity contribution in [3.05, 3.63) is 65.2 Å². The standard InChI is InChI=1S/C32H44N4O10/c1-34(18-30(40)41)12-13-35(14-15-36(19-31(42)43)20-32(44)45)17-27(38)11-6-23-2-4-25(5-3-23)21-46-22-29(39)28(33)16-24-7-9-26(37)10-8-24/h2-5,7-10,28,37H,6,11-22,33H2,1H3,(H,40,41)(H,42,43)(H,44,45)/t28-/m1/s1. The Labute approximate surface area is 268 Å². The minimum absolute atomic E-state index is 0.0454. The average molecular weight is 645 g/mol. The van der Waals surface area contributed by atoms with E-state index in [2.05, 4.69) is 0 Å². The van der Waals surface area contributed by atoms with E-state index in [9.17, 15) is 29.1 Å². The summed E-state index contributed by atoms with van der Waals surface area (Å²) in [4.78, 5) is 63.1. The molecule has 0 aliphatic rings. The first-order valence-corrected chi connectivity index (χ1v) is 14.8. The first kappa shape index (κ1) is 38.0. The van der Waals surface area contributed by atoms with Gasteiger partial charge in [0.2, 0.25) is 0 Å². The summed E-state index contributed by atoms with van der Waals surface area (Å²) in [6.45, 7) is 0.0320. The molecule has 252 valence electrons. The molecular formula is C32H44N4O10. The van der Waals surface area contributed by atoms with Crippen molar-refractivity contribution in [3.8, 4) is 5.75 Å². The van der Waals surface area contributed by atoms with E-state index in [0.29, 0.717) is 25.9 Å². The number of hydrogen-bond acceptors (Lipinski definition) is 11. The molecule has 2 aromatic carbocycles. The largest absolute Gasteiger partial charge is 0.508 e. The molecule has 14 heteroatoms. The Balaban J connectivity index is 1.83. The fourth-order valence-electron chi connectivity index (χ4n) is 4.56. The number of carbonyl (C=O) groups is 5. The summed E-state index contributed by atoms with van der Waals surface area (Å²) in [7, 11) is 1.64. The number of carboxylic acids is 3. The number of nitrogens with two attached hydrogens (primary N) is 1. The zero-order chi connectivity index (χ0) is 34.1. The lowest BCUT2D eigenvalue weighted by Crippen LogP contribution is -2.44. The maximum Gasteiger partial charge on any atom is 0.317 e. The maximum absolute atomic E-state index is 12.9. The second kappa shape index (κ2) is 20.0. The number of nitrogens with zero attached hydrogens (tertiary/aromatic N) is 3. The molecule has 0 heterocycles. The number of phenolic OH excluding ortho intramolecular Hbond substituents is 1. The number of aliphatic carboxylic acids is 3. The molecule has 2 aromatic rings. The number of likely N-dealkylation sites (N-methyl/N-ethyl adjacent to an activating group) is 1. The predicted octanol–water partition coefficient (Wildman–Crippen LogP) is 0.339. The Morgan fingerprint density at radius 3 is 1.83 bits per heavy atom. The van der Waals surface area contributed by atoms with Crippen LogP contribution in [0.4, 0.5) is 0 Å². The fourth-order valence-corrected chi connectivity index (χ4v) is 4.56. The van der Waals surface area contributed by atoms with Crippen LogP contribution in [-0.2, 0) is 48.2 Å². The van der Waals surface area contributed by atoms with Gasteiger partial charge in [-0.15, -0.1) is 0 Å². The molecule has 6 N–H and O–H groups in total. The van der Waals surface area contributed by atoms with Gasteiger partial charge >= 0.3 is 17.9 Å². The average Bonchev–Trinajstić information content (AvgIpc) is 2.98. The summed E-state index contributed by atoms with van der Waals surface area (Å²) in [5, 5.41) is 36.6. The number of aromatic hydroxyl groups is 1. The smallest absolute Gasteiger partial charge is 0.317 e. The third-order valence-corrected chi connectivity index (χ3v) is 7.09. The Morgan fingerprint density at radius 2 is 1.24 bits per heavy atom. The number of ketones is 2. The van der Waals surface area contributed by atoms with E-state index in [-0.39, 0.29) is 63.1 Å². The van der Waals surface area contributed by atoms with E-state index in [1.807, 2.05) is 24.3 Å². The van der Waals surface area contributed by atoms with E-state index in [0.717, 1.165) is 16.7 Å². The van der Waals surface area contributed by atoms with E-state index in [4.69, 9.17) is 25.8 Å². The number of ether oxygens (including phenoxy) is 1. The van der Waals surface area contributed by atoms with Crippen molar-refractivity contribution < 1.29 is 49.1 Å². The second-order valence-electron chi connectivity index (χ2n) is 11.2. The second-order valence-corrected chi connectivity index (χ2v) is 11.2. The molecule has 0 aromatic heterocycles. The van der Waals surface area contributed by atoms with Crippen LogP contribution >= 0.6 is 0 Å². The zero-order valence-corrected chi connectivity index (χ0v) is 26.0. The lowest BCUT2D eigenvalue weighted by Gasteiger charge is -2.27. The van der Waals surface area contributed by atoms with Crippen LogP contribution in [0.3, 0.4) is 0 Å². The molecule has 0 saturated carbocycles. The summed E-state index contributed by atoms with van der Waals surface area (Å²) < 4.78 is 5.55. The Bertz CT molecular complexity index is 1270. The van der Waals surface area contributed by atoms with Gasteiger partial charge in [-0.2, -0.15) is 0 Å². The molecule has 0 bridgehead atoms. The van der Waals surface area contributed by atoms with Crippen LogP contribution in [0.15, 0.2) is 48.5 Å². The minimum atomic E-state index is -1.16. The van der Waals surface area contributed by atoms with Crippen LogP contribution < -0.4 is 5.73 Å². The van der Waals surface area contributed by atoms with Crippen LogP contribution in [0, 0.1) is 0 Å². The number of carboxylic acid groups (broad SMARTS) is 3. The van der Waals surface area contributed by atoms with Gasteiger partial charge in [-0.05, 0) is 48.7 Å². The van der Waals surface area contributed by atoms with E-state index >= 15 is 0 Å². The number of hydrogen-bond donors (Lipinski definition) is 5. The lowest BCUT2D eigenvalue weighted by atomic mass is 10.0. The minimum Gasteiger partial charge on any atom is -0.508 e. The third-order valence-electron chi connectivity index (χ3n) is 7.09. The number of aryl methyl sites for hydroxylation is 1. The molecule has 0 fully saturated rings. The van der Waals surface area contributed by atoms with Gasteiger partial charge in [0.05, 0.1) is 38.8 Å². The van der Waals surface area contributed by atoms with E-state index < -0.39 is 37.0 Å². The highest BCUT2D eigenvalue weighted by Crippen LogP contribution is 2.12. The molecule has 1 atom stereocenters. The van der Waals surface area contributed by atoms with Crippen LogP contribution in [-0.4, -0.2) is 137 Å². The van der Waals surface area contributed by atoms with Crippen molar-refractivity contribution in [2.45, 2.75) is 31.9 Å². The normalized spacial score (nSPS) is 12.0. The zero-order valence-electron chi connectivity index (χ0n) is 26.0. The summed E-state index contributed by atoms with van der Waals surface area (Å²) in [6, 6.07) is 13.2. The van der Waals surface area contributed by atoms with Gasteiger partial charge in [0, 0.05) is 32.6 Å². The van der Waals surface area contributed by atoms with Crippen molar-refractivity contribution >= 4 is 29.5 Å². The van der Waals surface area contributed by atoms with Crippen molar-refractivity contribution in [2.75, 3.05) is 66.0 Å². The highest BCUT2D eigenvalue weighted by atomic mass is 16.5. The molecule has 0 amide bonds. The van der Waals surface area contributed by atoms with Gasteiger partial charge < -0.3 is 30.9 Å². The van der Waals surface area contributed by atoms with E-state index in [1.165, 1.54) is 17.0 Å². The van der Waals surface area contributed by atoms with Gasteiger partial charge in [-0.25, -0.2) is 0 Å². The molecule has 14 nitrogen and oxygen atoms in total. The Kier molecular flexibility index (Phi) is 16.5. The molecule has 0 saturated heterocycles. The predicted molar refractivity (Wildman–Crippen MR) is 168 cm³/mol. The Morgan fingerprint density at radius 1 is 0.717 bits per heavy atom. The van der Waals surface area contributed by atoms with Crippen molar-refractivity contribution in [1.29, 1.82) is 0 Å². The lowest BCUT2D eigenvalue weighted by molar-refractivity contribution is -0.142. The summed E-state index contributed by atoms with van der Waals surface area (Å²) >= 11 is 0. The van der Waals surface area contributed by atoms with Gasteiger partial charge in [0.1, 0.15) is 18.1 Å². The number of phenols is 1. The van der Waals surface area contributed by atoms with Gasteiger partial charge in [0.15, 0.2) is 5.78 Å². The van der Waals surface area contributed by atoms with Crippen LogP contribution in [0.25, 0.3) is 0 Å². The molecule has 2 rings (SSSR count). The Hall–Kier alpha value is -4.21. The highest BCUT2D eigenvalue weighted by molar-refractivity contribution is 5.85. The van der Waals surface area contributed by atoms with Gasteiger partial charge in [-0.1, -0.05) is 36.4 Å². The SMILES string of the molecule is CN(CCN(CCN(CC(=O)O)CC(=O)O)CC(=O)CCc1ccc(COCC(=O)[C@H](N)Cc2ccc(O)cc2)cc1)CC(=O)O. The van der Waals surface area contributed by atoms with Crippen molar-refractivity contribution in [3.63, 3.8) is 0 Å². The maximum atomic E-state index is 12.9. The number of Topliss-reactive ketones (excluding diaryl/α,β-unsaturated/α-hetero) is 2. The summed E-state index contributed by atoms with van der Waals surface area (Å²) in [5.41, 5.74) is 8.60. The molecule has 0 spiro atoms. The third kappa shape index (κ3) is 16.2. The van der Waals surface area contributed by atoms with Crippen molar-refractivity contribution in [1.82, 2.24) is 14.7 Å². The monoisotopic (exact) mass is 644 g/mol. The van der Waals surface area contributed by atoms with Crippen LogP contribution in [0.2, 0.25) is 0 Å². The molecule has 46 heavy (non-hydrogen) atoms. The summed E-state index contributed by atoms with van der Waals surface area (Å²) in [5.74, 6) is -3.48. The first-order chi connectivity index (χ1) is 21.8. The van der Waals surface area contributed by atoms with Crippen molar-refractivity contribution in [2.24, 2.45) is 5.73 Å². The molecular weight excluding hydrogens is 600 g/mol. The quantitative estimate of drug-likeness (QED) is 0.104. The number of carbonyl (C=O) groups excluding carboxylic acids is 2. The number of benzene rings is 2. The van der Waals surface area contributed by atoms with Crippen LogP contribution in [0.1, 0.15) is 23.1 Å². The highest BCUT2D eigenvalue weighted by Gasteiger charge is 2.18. The van der Waals surface area contributed by atoms with Gasteiger partial charge in [0.25, 0.3) is 0 Å². The molecule has 0 aliphatic heterocycles. The molecule has 0 aliphatic carbocycles. The fraction of sp³-hybridized carbons (Fsp3) is 0.469. The van der Waals surface area contributed by atoms with Crippen LogP contribution in [0.5, 0.6) is 5.75 Å². The molecule has 0 unspecified atom stereocenters. The first-order valence-electron chi connectivity index (χ1n) is 14.8. The van der Waals surface area contributed by atoms with Gasteiger partial charge in [-0.3, -0.25) is 38.7 Å². The molecule has 0 radical (unpaired) electrons. The topological polar surface area (TPSA) is 211 Å². The van der Waals surface area contributed by atoms with E-state index in [1.54, 1.807) is 29.0 Å². The number of rotatable bonds is 24. The summed E-state index contributed by atoms with van der Waals surface area (Å²) in [6.07, 6.45) is 1.05.